The lowest BCUT2D eigenvalue weighted by Gasteiger charge is -2.24. The Morgan fingerprint density at radius 2 is 2.37 bits per heavy atom. The van der Waals surface area contributed by atoms with Gasteiger partial charge in [0.25, 0.3) is 0 Å². The molecule has 0 aromatic heterocycles. The van der Waals surface area contributed by atoms with E-state index in [-0.39, 0.29) is 11.9 Å². The summed E-state index contributed by atoms with van der Waals surface area (Å²) in [5, 5.41) is 2.73. The van der Waals surface area contributed by atoms with Crippen LogP contribution in [0.25, 0.3) is 0 Å². The van der Waals surface area contributed by atoms with Crippen molar-refractivity contribution in [3.8, 4) is 5.75 Å². The Kier molecular flexibility index (Phi) is 4.27. The van der Waals surface area contributed by atoms with Gasteiger partial charge in [0, 0.05) is 30.9 Å². The zero-order valence-corrected chi connectivity index (χ0v) is 11.5. The van der Waals surface area contributed by atoms with Crippen LogP contribution in [-0.2, 0) is 11.3 Å². The van der Waals surface area contributed by atoms with Gasteiger partial charge in [-0.05, 0) is 25.5 Å². The normalized spacial score (nSPS) is 19.4. The van der Waals surface area contributed by atoms with E-state index in [1.165, 1.54) is 0 Å². The number of anilines is 1. The van der Waals surface area contributed by atoms with Crippen LogP contribution in [0.2, 0.25) is 0 Å². The van der Waals surface area contributed by atoms with Gasteiger partial charge in [-0.25, -0.2) is 0 Å². The summed E-state index contributed by atoms with van der Waals surface area (Å²) in [4.78, 5) is 14.0. The van der Waals surface area contributed by atoms with Gasteiger partial charge in [-0.1, -0.05) is 6.07 Å². The van der Waals surface area contributed by atoms with Crippen molar-refractivity contribution >= 4 is 11.6 Å². The van der Waals surface area contributed by atoms with Crippen LogP contribution < -0.4 is 15.8 Å². The Morgan fingerprint density at radius 1 is 1.58 bits per heavy atom. The Hall–Kier alpha value is -1.75. The molecule has 1 aromatic rings. The average Bonchev–Trinajstić information content (AvgIpc) is 2.88. The summed E-state index contributed by atoms with van der Waals surface area (Å²) in [6.07, 6.45) is 1.96. The van der Waals surface area contributed by atoms with Crippen molar-refractivity contribution in [1.82, 2.24) is 10.2 Å². The van der Waals surface area contributed by atoms with Crippen LogP contribution in [0.1, 0.15) is 18.4 Å². The second-order valence-electron chi connectivity index (χ2n) is 4.81. The monoisotopic (exact) mass is 263 g/mol. The largest absolute Gasteiger partial charge is 0.496 e. The maximum absolute atomic E-state index is 11.8. The summed E-state index contributed by atoms with van der Waals surface area (Å²) in [6, 6.07) is 5.61. The molecular formula is C14H21N3O2. The summed E-state index contributed by atoms with van der Waals surface area (Å²) in [5.41, 5.74) is 7.50. The van der Waals surface area contributed by atoms with Gasteiger partial charge in [0.2, 0.25) is 5.91 Å². The second-order valence-corrected chi connectivity index (χ2v) is 4.81. The molecule has 0 bridgehead atoms. The molecule has 0 radical (unpaired) electrons. The predicted molar refractivity (Wildman–Crippen MR) is 74.9 cm³/mol. The summed E-state index contributed by atoms with van der Waals surface area (Å²) in [6.45, 7) is 1.65. The molecule has 5 heteroatoms. The van der Waals surface area contributed by atoms with Gasteiger partial charge in [0.1, 0.15) is 5.75 Å². The molecule has 1 heterocycles. The van der Waals surface area contributed by atoms with Crippen molar-refractivity contribution in [2.45, 2.75) is 25.4 Å². The number of carbonyl (C=O) groups excluding carboxylic acids is 1. The Bertz CT molecular complexity index is 462. The molecule has 1 atom stereocenters. The zero-order valence-electron chi connectivity index (χ0n) is 11.5. The third-order valence-corrected chi connectivity index (χ3v) is 3.60. The fourth-order valence-electron chi connectivity index (χ4n) is 2.59. The van der Waals surface area contributed by atoms with E-state index in [2.05, 4.69) is 10.2 Å². The highest BCUT2D eigenvalue weighted by atomic mass is 16.5. The van der Waals surface area contributed by atoms with Gasteiger partial charge in [-0.2, -0.15) is 0 Å². The number of likely N-dealkylation sites (tertiary alicyclic amines) is 1. The molecule has 104 valence electrons. The first-order chi connectivity index (χ1) is 9.15. The number of hydrogen-bond donors (Lipinski definition) is 2. The number of nitrogen functional groups attached to an aromatic ring is 1. The van der Waals surface area contributed by atoms with Crippen LogP contribution in [0.4, 0.5) is 5.69 Å². The Balaban J connectivity index is 2.14. The minimum atomic E-state index is -0.0349. The van der Waals surface area contributed by atoms with Crippen LogP contribution in [0.5, 0.6) is 5.75 Å². The first-order valence-electron chi connectivity index (χ1n) is 6.53. The lowest BCUT2D eigenvalue weighted by molar-refractivity contribution is -0.125. The molecule has 1 aliphatic rings. The summed E-state index contributed by atoms with van der Waals surface area (Å²) in [5.74, 6) is 0.870. The lowest BCUT2D eigenvalue weighted by Crippen LogP contribution is -2.41. The molecule has 1 aliphatic heterocycles. The highest BCUT2D eigenvalue weighted by Gasteiger charge is 2.30. The zero-order chi connectivity index (χ0) is 13.8. The van der Waals surface area contributed by atoms with Crippen LogP contribution in [0, 0.1) is 0 Å². The van der Waals surface area contributed by atoms with Crippen molar-refractivity contribution < 1.29 is 9.53 Å². The molecule has 5 nitrogen and oxygen atoms in total. The van der Waals surface area contributed by atoms with E-state index in [0.29, 0.717) is 12.2 Å². The second kappa shape index (κ2) is 5.93. The molecule has 19 heavy (non-hydrogen) atoms. The topological polar surface area (TPSA) is 67.6 Å². The first kappa shape index (κ1) is 13.7. The molecule has 1 fully saturated rings. The van der Waals surface area contributed by atoms with Crippen molar-refractivity contribution in [2.75, 3.05) is 26.4 Å². The van der Waals surface area contributed by atoms with Crippen molar-refractivity contribution in [1.29, 1.82) is 0 Å². The van der Waals surface area contributed by atoms with Crippen molar-refractivity contribution in [3.63, 3.8) is 0 Å². The third kappa shape index (κ3) is 2.98. The average molecular weight is 263 g/mol. The summed E-state index contributed by atoms with van der Waals surface area (Å²) in [7, 11) is 3.32. The number of amides is 1. The van der Waals surface area contributed by atoms with Crippen molar-refractivity contribution in [2.24, 2.45) is 0 Å². The van der Waals surface area contributed by atoms with E-state index in [0.717, 1.165) is 30.7 Å². The van der Waals surface area contributed by atoms with Gasteiger partial charge in [0.05, 0.1) is 13.2 Å². The molecule has 3 N–H and O–H groups in total. The molecule has 0 saturated carbocycles. The van der Waals surface area contributed by atoms with Crippen LogP contribution in [0.15, 0.2) is 18.2 Å². The highest BCUT2D eigenvalue weighted by Crippen LogP contribution is 2.26. The van der Waals surface area contributed by atoms with E-state index in [4.69, 9.17) is 10.5 Å². The predicted octanol–water partition coefficient (Wildman–Crippen LogP) is 0.988. The molecular weight excluding hydrogens is 242 g/mol. The van der Waals surface area contributed by atoms with Gasteiger partial charge >= 0.3 is 0 Å². The SMILES string of the molecule is CNC(=O)C1CCCN1Cc1ccc(N)cc1OC. The molecule has 1 saturated heterocycles. The maximum atomic E-state index is 11.8. The van der Waals surface area contributed by atoms with Gasteiger partial charge in [0.15, 0.2) is 0 Å². The van der Waals surface area contributed by atoms with Gasteiger partial charge in [-0.15, -0.1) is 0 Å². The standard InChI is InChI=1S/C14H21N3O2/c1-16-14(18)12-4-3-7-17(12)9-10-5-6-11(15)8-13(10)19-2/h5-6,8,12H,3-4,7,9,15H2,1-2H3,(H,16,18). The van der Waals surface area contributed by atoms with E-state index >= 15 is 0 Å². The van der Waals surface area contributed by atoms with Crippen LogP contribution >= 0.6 is 0 Å². The number of likely N-dealkylation sites (N-methyl/N-ethyl adjacent to an activating group) is 1. The molecule has 0 spiro atoms. The number of nitrogens with one attached hydrogen (secondary N) is 1. The smallest absolute Gasteiger partial charge is 0.237 e. The number of ether oxygens (including phenoxy) is 1. The molecule has 1 aromatic carbocycles. The molecule has 2 rings (SSSR count). The quantitative estimate of drug-likeness (QED) is 0.795. The number of nitrogens with two attached hydrogens (primary N) is 1. The fraction of sp³-hybridized carbons (Fsp3) is 0.500. The van der Waals surface area contributed by atoms with Crippen LogP contribution in [0.3, 0.4) is 0 Å². The minimum absolute atomic E-state index is 0.0349. The van der Waals surface area contributed by atoms with Gasteiger partial charge in [-0.3, -0.25) is 9.69 Å². The lowest BCUT2D eigenvalue weighted by atomic mass is 10.1. The van der Waals surface area contributed by atoms with Crippen LogP contribution in [-0.4, -0.2) is 37.6 Å². The van der Waals surface area contributed by atoms with E-state index in [1.807, 2.05) is 18.2 Å². The maximum Gasteiger partial charge on any atom is 0.237 e. The fourth-order valence-corrected chi connectivity index (χ4v) is 2.59. The molecule has 1 unspecified atom stereocenters. The number of methoxy groups -OCH3 is 1. The number of hydrogen-bond acceptors (Lipinski definition) is 4. The third-order valence-electron chi connectivity index (χ3n) is 3.60. The Morgan fingerprint density at radius 3 is 3.05 bits per heavy atom. The molecule has 1 amide bonds. The number of nitrogens with zero attached hydrogens (tertiary/aromatic N) is 1. The summed E-state index contributed by atoms with van der Waals surface area (Å²) >= 11 is 0. The van der Waals surface area contributed by atoms with Gasteiger partial charge < -0.3 is 15.8 Å². The Labute approximate surface area is 113 Å². The number of rotatable bonds is 4. The molecule has 0 aliphatic carbocycles. The van der Waals surface area contributed by atoms with E-state index in [1.54, 1.807) is 14.2 Å². The van der Waals surface area contributed by atoms with E-state index < -0.39 is 0 Å². The number of benzene rings is 1. The summed E-state index contributed by atoms with van der Waals surface area (Å²) < 4.78 is 5.35. The highest BCUT2D eigenvalue weighted by molar-refractivity contribution is 5.81. The van der Waals surface area contributed by atoms with E-state index in [9.17, 15) is 4.79 Å². The minimum Gasteiger partial charge on any atom is -0.496 e. The van der Waals surface area contributed by atoms with Crippen molar-refractivity contribution in [3.05, 3.63) is 23.8 Å². The first-order valence-corrected chi connectivity index (χ1v) is 6.53. The number of carbonyl (C=O) groups is 1.